The van der Waals surface area contributed by atoms with Gasteiger partial charge in [0.05, 0.1) is 16.1 Å². The van der Waals surface area contributed by atoms with Crippen LogP contribution in [-0.4, -0.2) is 23.8 Å². The van der Waals surface area contributed by atoms with E-state index < -0.39 is 23.8 Å². The van der Waals surface area contributed by atoms with E-state index in [1.807, 2.05) is 13.8 Å². The van der Waals surface area contributed by atoms with Gasteiger partial charge in [-0.05, 0) is 50.5 Å². The lowest BCUT2D eigenvalue weighted by atomic mass is 10.0. The molecule has 3 N–H and O–H groups in total. The minimum absolute atomic E-state index is 0.112. The molecule has 0 saturated carbocycles. The number of hydrazine groups is 1. The van der Waals surface area contributed by atoms with Crippen LogP contribution in [0.25, 0.3) is 0 Å². The van der Waals surface area contributed by atoms with Crippen molar-refractivity contribution in [1.29, 1.82) is 0 Å². The Labute approximate surface area is 179 Å². The molecule has 1 aromatic heterocycles. The van der Waals surface area contributed by atoms with E-state index in [0.29, 0.717) is 28.5 Å². The van der Waals surface area contributed by atoms with Crippen molar-refractivity contribution in [3.8, 4) is 0 Å². The Bertz CT molecular complexity index is 924. The SMILES string of the molecule is Cc1cc(C(=O)NNC(=O)C(CC(C)C)NC(=O)c2ccc(Cl)cc2Cl)c(C)o1. The van der Waals surface area contributed by atoms with Crippen LogP contribution in [0, 0.1) is 19.8 Å². The predicted molar refractivity (Wildman–Crippen MR) is 111 cm³/mol. The molecule has 0 aliphatic heterocycles. The number of halogens is 2. The first-order valence-corrected chi connectivity index (χ1v) is 9.77. The Balaban J connectivity index is 2.06. The van der Waals surface area contributed by atoms with Crippen LogP contribution in [0.5, 0.6) is 0 Å². The van der Waals surface area contributed by atoms with Crippen LogP contribution < -0.4 is 16.2 Å². The third kappa shape index (κ3) is 6.24. The lowest BCUT2D eigenvalue weighted by Gasteiger charge is -2.20. The molecule has 0 fully saturated rings. The predicted octanol–water partition coefficient (Wildman–Crippen LogP) is 3.81. The standard InChI is InChI=1S/C20H23Cl2N3O4/c1-10(2)7-17(23-18(26)14-6-5-13(21)9-16(14)22)20(28)25-24-19(27)15-8-11(3)29-12(15)4/h5-6,8-10,17H,7H2,1-4H3,(H,23,26)(H,24,27)(H,25,28). The molecule has 0 spiro atoms. The van der Waals surface area contributed by atoms with Gasteiger partial charge in [0.25, 0.3) is 17.7 Å². The zero-order valence-corrected chi connectivity index (χ0v) is 18.1. The number of carbonyl (C=O) groups excluding carboxylic acids is 3. The molecular formula is C20H23Cl2N3O4. The molecule has 2 aromatic rings. The summed E-state index contributed by atoms with van der Waals surface area (Å²) < 4.78 is 5.31. The Morgan fingerprint density at radius 1 is 1.00 bits per heavy atom. The van der Waals surface area contributed by atoms with E-state index in [0.717, 1.165) is 0 Å². The number of benzene rings is 1. The minimum Gasteiger partial charge on any atom is -0.466 e. The van der Waals surface area contributed by atoms with E-state index in [2.05, 4.69) is 16.2 Å². The highest BCUT2D eigenvalue weighted by molar-refractivity contribution is 6.36. The molecule has 0 radical (unpaired) electrons. The van der Waals surface area contributed by atoms with Gasteiger partial charge in [0, 0.05) is 5.02 Å². The van der Waals surface area contributed by atoms with Gasteiger partial charge >= 0.3 is 0 Å². The molecule has 7 nitrogen and oxygen atoms in total. The van der Waals surface area contributed by atoms with E-state index in [-0.39, 0.29) is 16.5 Å². The normalized spacial score (nSPS) is 11.8. The fraction of sp³-hybridized carbons (Fsp3) is 0.350. The third-order valence-corrected chi connectivity index (χ3v) is 4.64. The average Bonchev–Trinajstić information content (AvgIpc) is 2.96. The van der Waals surface area contributed by atoms with Crippen molar-refractivity contribution < 1.29 is 18.8 Å². The number of aryl methyl sites for hydroxylation is 2. The zero-order valence-electron chi connectivity index (χ0n) is 16.6. The summed E-state index contributed by atoms with van der Waals surface area (Å²) in [4.78, 5) is 37.4. The number of rotatable bonds is 6. The first-order valence-electron chi connectivity index (χ1n) is 9.01. The van der Waals surface area contributed by atoms with Gasteiger partial charge < -0.3 is 9.73 Å². The van der Waals surface area contributed by atoms with Crippen LogP contribution in [0.2, 0.25) is 10.0 Å². The summed E-state index contributed by atoms with van der Waals surface area (Å²) in [7, 11) is 0. The van der Waals surface area contributed by atoms with Crippen molar-refractivity contribution in [3.05, 3.63) is 57.0 Å². The Morgan fingerprint density at radius 3 is 2.24 bits per heavy atom. The van der Waals surface area contributed by atoms with E-state index in [1.165, 1.54) is 18.2 Å². The van der Waals surface area contributed by atoms with Gasteiger partial charge in [-0.15, -0.1) is 0 Å². The molecule has 3 amide bonds. The number of hydrogen-bond donors (Lipinski definition) is 3. The van der Waals surface area contributed by atoms with Crippen molar-refractivity contribution >= 4 is 40.9 Å². The first kappa shape index (κ1) is 22.8. The van der Waals surface area contributed by atoms with Crippen molar-refractivity contribution in [2.75, 3.05) is 0 Å². The quantitative estimate of drug-likeness (QED) is 0.595. The first-order chi connectivity index (χ1) is 13.6. The summed E-state index contributed by atoms with van der Waals surface area (Å²) in [5, 5.41) is 3.23. The van der Waals surface area contributed by atoms with Gasteiger partial charge in [-0.3, -0.25) is 25.2 Å². The molecule has 156 valence electrons. The largest absolute Gasteiger partial charge is 0.466 e. The second-order valence-corrected chi connectivity index (χ2v) is 7.89. The van der Waals surface area contributed by atoms with Gasteiger partial charge in [0.1, 0.15) is 17.6 Å². The van der Waals surface area contributed by atoms with Gasteiger partial charge in [0.2, 0.25) is 0 Å². The summed E-state index contributed by atoms with van der Waals surface area (Å²) in [6.45, 7) is 7.20. The second kappa shape index (κ2) is 9.80. The van der Waals surface area contributed by atoms with E-state index >= 15 is 0 Å². The fourth-order valence-corrected chi connectivity index (χ4v) is 3.24. The Hall–Kier alpha value is -2.51. The lowest BCUT2D eigenvalue weighted by molar-refractivity contribution is -0.124. The van der Waals surface area contributed by atoms with Crippen LogP contribution in [-0.2, 0) is 4.79 Å². The average molecular weight is 440 g/mol. The van der Waals surface area contributed by atoms with Crippen molar-refractivity contribution in [1.82, 2.24) is 16.2 Å². The highest BCUT2D eigenvalue weighted by Crippen LogP contribution is 2.21. The monoisotopic (exact) mass is 439 g/mol. The summed E-state index contributed by atoms with van der Waals surface area (Å²) >= 11 is 11.9. The molecule has 1 heterocycles. The molecule has 2 rings (SSSR count). The van der Waals surface area contributed by atoms with Crippen molar-refractivity contribution in [2.24, 2.45) is 5.92 Å². The van der Waals surface area contributed by atoms with Crippen LogP contribution in [0.4, 0.5) is 0 Å². The van der Waals surface area contributed by atoms with E-state index in [1.54, 1.807) is 19.9 Å². The number of nitrogens with one attached hydrogen (secondary N) is 3. The van der Waals surface area contributed by atoms with Gasteiger partial charge in [0.15, 0.2) is 0 Å². The van der Waals surface area contributed by atoms with Crippen molar-refractivity contribution in [3.63, 3.8) is 0 Å². The number of carbonyl (C=O) groups is 3. The molecule has 9 heteroatoms. The third-order valence-electron chi connectivity index (χ3n) is 4.09. The summed E-state index contributed by atoms with van der Waals surface area (Å²) in [5.41, 5.74) is 5.22. The molecule has 0 saturated heterocycles. The molecule has 0 bridgehead atoms. The number of amides is 3. The maximum Gasteiger partial charge on any atom is 0.273 e. The van der Waals surface area contributed by atoms with Gasteiger partial charge in [-0.25, -0.2) is 0 Å². The molecule has 0 aliphatic carbocycles. The Kier molecular flexibility index (Phi) is 7.70. The molecule has 0 aliphatic rings. The van der Waals surface area contributed by atoms with E-state index in [9.17, 15) is 14.4 Å². The van der Waals surface area contributed by atoms with Gasteiger partial charge in [-0.1, -0.05) is 37.0 Å². The van der Waals surface area contributed by atoms with Crippen LogP contribution >= 0.6 is 23.2 Å². The van der Waals surface area contributed by atoms with Crippen molar-refractivity contribution in [2.45, 2.75) is 40.2 Å². The highest BCUT2D eigenvalue weighted by atomic mass is 35.5. The van der Waals surface area contributed by atoms with Crippen LogP contribution in [0.1, 0.15) is 52.5 Å². The smallest absolute Gasteiger partial charge is 0.273 e. The van der Waals surface area contributed by atoms with Crippen LogP contribution in [0.15, 0.2) is 28.7 Å². The topological polar surface area (TPSA) is 100 Å². The number of furan rings is 1. The summed E-state index contributed by atoms with van der Waals surface area (Å²) in [6, 6.07) is 5.17. The lowest BCUT2D eigenvalue weighted by Crippen LogP contribution is -2.52. The summed E-state index contributed by atoms with van der Waals surface area (Å²) in [6.07, 6.45) is 0.364. The summed E-state index contributed by atoms with van der Waals surface area (Å²) in [5.74, 6) is -0.435. The molecule has 29 heavy (non-hydrogen) atoms. The highest BCUT2D eigenvalue weighted by Gasteiger charge is 2.24. The maximum atomic E-state index is 12.6. The fourth-order valence-electron chi connectivity index (χ4n) is 2.74. The minimum atomic E-state index is -0.873. The molecule has 1 aromatic carbocycles. The van der Waals surface area contributed by atoms with Crippen LogP contribution in [0.3, 0.4) is 0 Å². The zero-order chi connectivity index (χ0) is 21.7. The molecule has 1 atom stereocenters. The molecule has 1 unspecified atom stereocenters. The number of hydrogen-bond acceptors (Lipinski definition) is 4. The maximum absolute atomic E-state index is 12.6. The molecular weight excluding hydrogens is 417 g/mol. The second-order valence-electron chi connectivity index (χ2n) is 7.05. The van der Waals surface area contributed by atoms with Gasteiger partial charge in [-0.2, -0.15) is 0 Å². The Morgan fingerprint density at radius 2 is 1.69 bits per heavy atom. The van der Waals surface area contributed by atoms with E-state index in [4.69, 9.17) is 27.6 Å².